The minimum Gasteiger partial charge on any atom is -0.350 e. The van der Waals surface area contributed by atoms with Crippen molar-refractivity contribution in [2.45, 2.75) is 51.8 Å². The van der Waals surface area contributed by atoms with Crippen molar-refractivity contribution in [1.82, 2.24) is 15.7 Å². The molecule has 1 aliphatic carbocycles. The molecular weight excluding hydrogens is 439 g/mol. The summed E-state index contributed by atoms with van der Waals surface area (Å²) >= 11 is 0. The van der Waals surface area contributed by atoms with Crippen LogP contribution >= 0.6 is 0 Å². The number of carbonyl (C=O) groups is 1. The van der Waals surface area contributed by atoms with Gasteiger partial charge >= 0.3 is 6.18 Å². The predicted molar refractivity (Wildman–Crippen MR) is 116 cm³/mol. The van der Waals surface area contributed by atoms with Crippen molar-refractivity contribution in [2.75, 3.05) is 13.2 Å². The van der Waals surface area contributed by atoms with Crippen LogP contribution in [0.25, 0.3) is 16.5 Å². The second-order valence-corrected chi connectivity index (χ2v) is 8.87. The van der Waals surface area contributed by atoms with Gasteiger partial charge in [0.05, 0.1) is 34.6 Å². The summed E-state index contributed by atoms with van der Waals surface area (Å²) in [5.41, 5.74) is 1.97. The number of hydrogen-bond donors (Lipinski definition) is 2. The van der Waals surface area contributed by atoms with Crippen LogP contribution in [0.1, 0.15) is 56.0 Å². The van der Waals surface area contributed by atoms with Crippen molar-refractivity contribution in [3.8, 4) is 0 Å². The average molecular weight is 467 g/mol. The van der Waals surface area contributed by atoms with Crippen LogP contribution in [0, 0.1) is 5.92 Å². The number of rotatable bonds is 7. The first-order chi connectivity index (χ1) is 15.4. The number of nitrogens with one attached hydrogen (secondary N) is 1. The molecule has 180 valence electrons. The summed E-state index contributed by atoms with van der Waals surface area (Å²) in [6, 6.07) is 7.13. The molecular formula is C23H28F3N3O4. The number of amides is 1. The van der Waals surface area contributed by atoms with E-state index in [1.807, 2.05) is 6.07 Å². The van der Waals surface area contributed by atoms with Crippen LogP contribution in [0.5, 0.6) is 0 Å². The van der Waals surface area contributed by atoms with E-state index in [4.69, 9.17) is 9.68 Å². The lowest BCUT2D eigenvalue weighted by molar-refractivity contribution is -0.530. The molecule has 1 unspecified atom stereocenters. The summed E-state index contributed by atoms with van der Waals surface area (Å²) in [4.78, 5) is 26.9. The molecule has 3 rings (SSSR count). The minimum absolute atomic E-state index is 0.0173. The largest absolute Gasteiger partial charge is 0.392 e. The quantitative estimate of drug-likeness (QED) is 0.437. The number of para-hydroxylation sites is 1. The Balaban J connectivity index is 1.63. The van der Waals surface area contributed by atoms with Gasteiger partial charge in [-0.25, -0.2) is 9.68 Å². The number of benzene rings is 1. The Bertz CT molecular complexity index is 1020. The highest BCUT2D eigenvalue weighted by Gasteiger charge is 2.39. The second kappa shape index (κ2) is 10.2. The molecule has 1 aliphatic rings. The molecule has 7 nitrogen and oxygen atoms in total. The number of fused-ring (bicyclic) bond motifs is 1. The highest BCUT2D eigenvalue weighted by Crippen LogP contribution is 2.40. The molecule has 1 heterocycles. The van der Waals surface area contributed by atoms with Crippen LogP contribution in [0.15, 0.2) is 36.5 Å². The molecule has 10 heteroatoms. The van der Waals surface area contributed by atoms with E-state index >= 15 is 0 Å². The van der Waals surface area contributed by atoms with Crippen LogP contribution in [-0.2, 0) is 9.68 Å². The first-order valence-electron chi connectivity index (χ1n) is 10.7. The van der Waals surface area contributed by atoms with Gasteiger partial charge in [-0.05, 0) is 51.7 Å². The van der Waals surface area contributed by atoms with Gasteiger partial charge in [0.1, 0.15) is 0 Å². The summed E-state index contributed by atoms with van der Waals surface area (Å²) in [7, 11) is 0. The highest BCUT2D eigenvalue weighted by atomic mass is 19.4. The molecule has 33 heavy (non-hydrogen) atoms. The maximum absolute atomic E-state index is 13.0. The van der Waals surface area contributed by atoms with E-state index in [1.54, 1.807) is 45.0 Å². The van der Waals surface area contributed by atoms with Crippen LogP contribution in [0.2, 0.25) is 0 Å². The molecule has 0 fully saturated rings. The fourth-order valence-corrected chi connectivity index (χ4v) is 3.57. The van der Waals surface area contributed by atoms with Gasteiger partial charge in [0.15, 0.2) is 0 Å². The van der Waals surface area contributed by atoms with E-state index in [0.29, 0.717) is 17.5 Å². The molecule has 0 saturated heterocycles. The molecule has 1 aromatic carbocycles. The summed E-state index contributed by atoms with van der Waals surface area (Å²) < 4.78 is 38.9. The first kappa shape index (κ1) is 25.1. The van der Waals surface area contributed by atoms with Crippen molar-refractivity contribution in [1.29, 1.82) is 0 Å². The molecule has 1 atom stereocenters. The zero-order valence-corrected chi connectivity index (χ0v) is 18.8. The van der Waals surface area contributed by atoms with Crippen molar-refractivity contribution in [3.63, 3.8) is 0 Å². The SMILES string of the molecule is CC(C)(C)ON(O)OCCNC(=O)c1cnc2c(C3=CCC(C(F)(F)F)CC3)cccc2c1. The molecule has 0 saturated carbocycles. The number of carbonyl (C=O) groups excluding carboxylic acids is 1. The van der Waals surface area contributed by atoms with Crippen molar-refractivity contribution >= 4 is 22.4 Å². The van der Waals surface area contributed by atoms with Gasteiger partial charge in [-0.15, -0.1) is 0 Å². The number of nitrogens with zero attached hydrogens (tertiary/aromatic N) is 2. The van der Waals surface area contributed by atoms with E-state index in [-0.39, 0.29) is 37.3 Å². The van der Waals surface area contributed by atoms with Crippen LogP contribution in [0.4, 0.5) is 13.2 Å². The molecule has 1 amide bonds. The fourth-order valence-electron chi connectivity index (χ4n) is 3.57. The number of alkyl halides is 3. The monoisotopic (exact) mass is 467 g/mol. The molecule has 0 bridgehead atoms. The number of allylic oxidation sites excluding steroid dienone is 2. The maximum Gasteiger partial charge on any atom is 0.392 e. The Hall–Kier alpha value is -2.53. The second-order valence-electron chi connectivity index (χ2n) is 8.87. The Morgan fingerprint density at radius 2 is 2.06 bits per heavy atom. The summed E-state index contributed by atoms with van der Waals surface area (Å²) in [6.07, 6.45) is -0.753. The molecule has 0 aliphatic heterocycles. The number of halogens is 3. The molecule has 0 radical (unpaired) electrons. The summed E-state index contributed by atoms with van der Waals surface area (Å²) in [5.74, 6) is -1.68. The van der Waals surface area contributed by atoms with E-state index < -0.39 is 17.7 Å². The zero-order chi connectivity index (χ0) is 24.2. The Labute approximate surface area is 190 Å². The van der Waals surface area contributed by atoms with E-state index in [0.717, 1.165) is 16.5 Å². The summed E-state index contributed by atoms with van der Waals surface area (Å²) in [5, 5.41) is 13.1. The third-order valence-corrected chi connectivity index (χ3v) is 5.13. The molecule has 2 aromatic rings. The normalized spacial score (nSPS) is 17.3. The number of aromatic nitrogens is 1. The maximum atomic E-state index is 13.0. The number of hydrogen-bond acceptors (Lipinski definition) is 6. The van der Waals surface area contributed by atoms with Crippen molar-refractivity contribution in [3.05, 3.63) is 47.7 Å². The minimum atomic E-state index is -4.18. The van der Waals surface area contributed by atoms with Gasteiger partial charge in [-0.3, -0.25) is 15.0 Å². The van der Waals surface area contributed by atoms with Crippen LogP contribution in [-0.4, -0.2) is 46.4 Å². The summed E-state index contributed by atoms with van der Waals surface area (Å²) in [6.45, 7) is 5.32. The molecule has 2 N–H and O–H groups in total. The highest BCUT2D eigenvalue weighted by molar-refractivity contribution is 5.99. The van der Waals surface area contributed by atoms with Crippen molar-refractivity contribution in [2.24, 2.45) is 5.92 Å². The Morgan fingerprint density at radius 1 is 1.30 bits per heavy atom. The Morgan fingerprint density at radius 3 is 2.70 bits per heavy atom. The van der Waals surface area contributed by atoms with Crippen LogP contribution in [0.3, 0.4) is 0 Å². The predicted octanol–water partition coefficient (Wildman–Crippen LogP) is 5.06. The zero-order valence-electron chi connectivity index (χ0n) is 18.8. The van der Waals surface area contributed by atoms with E-state index in [9.17, 15) is 23.2 Å². The van der Waals surface area contributed by atoms with Gasteiger partial charge < -0.3 is 5.32 Å². The van der Waals surface area contributed by atoms with Gasteiger partial charge in [-0.1, -0.05) is 24.3 Å². The van der Waals surface area contributed by atoms with Gasteiger partial charge in [0.2, 0.25) is 0 Å². The third kappa shape index (κ3) is 6.97. The smallest absolute Gasteiger partial charge is 0.350 e. The fraction of sp³-hybridized carbons (Fsp3) is 0.478. The van der Waals surface area contributed by atoms with Gasteiger partial charge in [0.25, 0.3) is 5.91 Å². The lowest BCUT2D eigenvalue weighted by atomic mass is 9.85. The van der Waals surface area contributed by atoms with E-state index in [2.05, 4.69) is 10.3 Å². The third-order valence-electron chi connectivity index (χ3n) is 5.13. The van der Waals surface area contributed by atoms with Crippen molar-refractivity contribution < 1.29 is 32.8 Å². The number of pyridine rings is 1. The standard InChI is InChI=1S/C23H28F3N3O4/c1-22(2,3)33-29(31)32-12-11-27-21(30)17-13-16-5-4-6-19(20(16)28-14-17)15-7-9-18(10-8-15)23(24,25)26/h4-7,13-14,18,31H,8-12H2,1-3H3,(H,27,30). The lowest BCUT2D eigenvalue weighted by Gasteiger charge is -2.24. The van der Waals surface area contributed by atoms with Gasteiger partial charge in [0, 0.05) is 23.7 Å². The van der Waals surface area contributed by atoms with E-state index in [1.165, 1.54) is 6.20 Å². The topological polar surface area (TPSA) is 83.9 Å². The van der Waals surface area contributed by atoms with Crippen LogP contribution < -0.4 is 5.32 Å². The lowest BCUT2D eigenvalue weighted by Crippen LogP contribution is -2.34. The molecule has 1 aromatic heterocycles. The first-order valence-corrected chi connectivity index (χ1v) is 10.7. The molecule has 0 spiro atoms. The van der Waals surface area contributed by atoms with Gasteiger partial charge in [-0.2, -0.15) is 13.2 Å². The average Bonchev–Trinajstić information content (AvgIpc) is 2.74. The Kier molecular flexibility index (Phi) is 7.73.